The van der Waals surface area contributed by atoms with Crippen molar-refractivity contribution in [2.24, 2.45) is 5.41 Å². The molecule has 11 heteroatoms. The Balaban J connectivity index is 1.28. The number of aromatic nitrogens is 1. The molecule has 190 valence electrons. The third-order valence-electron chi connectivity index (χ3n) is 7.56. The summed E-state index contributed by atoms with van der Waals surface area (Å²) in [5, 5.41) is 20.9. The number of nitrogens with zero attached hydrogens (tertiary/aromatic N) is 4. The summed E-state index contributed by atoms with van der Waals surface area (Å²) in [6.07, 6.45) is 2.07. The van der Waals surface area contributed by atoms with Crippen molar-refractivity contribution in [2.45, 2.75) is 43.5 Å². The van der Waals surface area contributed by atoms with Crippen LogP contribution < -0.4 is 10.9 Å². The van der Waals surface area contributed by atoms with Crippen LogP contribution in [0.4, 0.5) is 0 Å². The highest BCUT2D eigenvalue weighted by Gasteiger charge is 2.60. The Kier molecular flexibility index (Phi) is 5.92. The molecule has 37 heavy (non-hydrogen) atoms. The maximum Gasteiger partial charge on any atom is 0.270 e. The molecule has 1 aromatic carbocycles. The quantitative estimate of drug-likeness (QED) is 0.552. The van der Waals surface area contributed by atoms with Gasteiger partial charge in [0.15, 0.2) is 9.84 Å². The van der Waals surface area contributed by atoms with Crippen molar-refractivity contribution < 1.29 is 18.0 Å². The number of hydrogen-bond acceptors (Lipinski definition) is 7. The van der Waals surface area contributed by atoms with Crippen LogP contribution >= 0.6 is 0 Å². The molecule has 2 aromatic rings. The highest BCUT2D eigenvalue weighted by atomic mass is 32.2. The van der Waals surface area contributed by atoms with E-state index < -0.39 is 37.4 Å². The molecule has 10 nitrogen and oxygen atoms in total. The number of pyridine rings is 1. The van der Waals surface area contributed by atoms with E-state index in [1.165, 1.54) is 21.6 Å². The van der Waals surface area contributed by atoms with Gasteiger partial charge in [-0.1, -0.05) is 12.1 Å². The number of fused-ring (bicyclic) bond motifs is 1. The van der Waals surface area contributed by atoms with Gasteiger partial charge >= 0.3 is 0 Å². The minimum absolute atomic E-state index is 0.0384. The van der Waals surface area contributed by atoms with Crippen LogP contribution in [0, 0.1) is 28.1 Å². The van der Waals surface area contributed by atoms with Gasteiger partial charge < -0.3 is 14.8 Å². The van der Waals surface area contributed by atoms with Crippen molar-refractivity contribution >= 4 is 21.7 Å². The smallest absolute Gasteiger partial charge is 0.270 e. The molecule has 2 saturated carbocycles. The average Bonchev–Trinajstić information content (AvgIpc) is 3.82. The van der Waals surface area contributed by atoms with E-state index in [1.54, 1.807) is 24.3 Å². The molecule has 0 atom stereocenters. The maximum atomic E-state index is 13.2. The minimum Gasteiger partial charge on any atom is -0.348 e. The van der Waals surface area contributed by atoms with Gasteiger partial charge in [0.05, 0.1) is 33.6 Å². The molecule has 2 heterocycles. The second-order valence-electron chi connectivity index (χ2n) is 10.1. The van der Waals surface area contributed by atoms with Gasteiger partial charge in [-0.3, -0.25) is 14.4 Å². The number of carbonyl (C=O) groups excluding carboxylic acids is 2. The zero-order valence-corrected chi connectivity index (χ0v) is 20.9. The first-order valence-electron chi connectivity index (χ1n) is 12.1. The van der Waals surface area contributed by atoms with E-state index in [4.69, 9.17) is 5.26 Å². The van der Waals surface area contributed by atoms with Crippen molar-refractivity contribution in [1.29, 1.82) is 10.5 Å². The summed E-state index contributed by atoms with van der Waals surface area (Å²) in [5.74, 6) is -1.19. The van der Waals surface area contributed by atoms with E-state index in [-0.39, 0.29) is 43.2 Å². The lowest BCUT2D eigenvalue weighted by molar-refractivity contribution is 0.0695. The van der Waals surface area contributed by atoms with Gasteiger partial charge in [-0.25, -0.2) is 8.42 Å². The average molecular weight is 520 g/mol. The molecule has 0 unspecified atom stereocenters. The standard InChI is InChI=1S/C26H25N5O5S/c27-13-18-1-3-19(4-2-18)14-29-22(32)20-5-6-21-24(34)30(11-12-31(21)23(20)33)16-26(9-10-26)37(35,36)17-25(15-28)7-8-25/h1-6H,7-12,14,16-17H2,(H,29,32). The molecule has 5 rings (SSSR count). The van der Waals surface area contributed by atoms with Gasteiger partial charge in [-0.05, 0) is 55.5 Å². The number of nitriles is 2. The van der Waals surface area contributed by atoms with E-state index in [0.29, 0.717) is 31.2 Å². The van der Waals surface area contributed by atoms with Crippen LogP contribution in [0.25, 0.3) is 0 Å². The zero-order valence-electron chi connectivity index (χ0n) is 20.1. The van der Waals surface area contributed by atoms with Crippen LogP contribution in [0.3, 0.4) is 0 Å². The van der Waals surface area contributed by atoms with Crippen molar-refractivity contribution in [3.8, 4) is 12.1 Å². The van der Waals surface area contributed by atoms with Crippen LogP contribution in [-0.4, -0.2) is 53.3 Å². The summed E-state index contributed by atoms with van der Waals surface area (Å²) in [6.45, 7) is 0.510. The molecule has 1 aliphatic heterocycles. The van der Waals surface area contributed by atoms with Crippen LogP contribution in [0.15, 0.2) is 41.2 Å². The van der Waals surface area contributed by atoms with Gasteiger partial charge in [-0.2, -0.15) is 10.5 Å². The highest BCUT2D eigenvalue weighted by Crippen LogP contribution is 2.52. The van der Waals surface area contributed by atoms with E-state index >= 15 is 0 Å². The highest BCUT2D eigenvalue weighted by molar-refractivity contribution is 7.93. The fraction of sp³-hybridized carbons (Fsp3) is 0.423. The molecule has 2 aliphatic carbocycles. The summed E-state index contributed by atoms with van der Waals surface area (Å²) >= 11 is 0. The van der Waals surface area contributed by atoms with Crippen LogP contribution in [0.5, 0.6) is 0 Å². The first kappa shape index (κ1) is 24.7. The fourth-order valence-electron chi connectivity index (χ4n) is 4.78. The zero-order chi connectivity index (χ0) is 26.4. The molecule has 1 N–H and O–H groups in total. The first-order valence-corrected chi connectivity index (χ1v) is 13.7. The lowest BCUT2D eigenvalue weighted by Gasteiger charge is -2.32. The Hall–Kier alpha value is -3.96. The predicted molar refractivity (Wildman–Crippen MR) is 132 cm³/mol. The molecule has 3 aliphatic rings. The molecule has 0 bridgehead atoms. The molecule has 0 saturated heterocycles. The van der Waals surface area contributed by atoms with Crippen molar-refractivity contribution in [1.82, 2.24) is 14.8 Å². The third-order valence-corrected chi connectivity index (χ3v) is 10.3. The van der Waals surface area contributed by atoms with Gasteiger partial charge in [-0.15, -0.1) is 0 Å². The van der Waals surface area contributed by atoms with E-state index in [9.17, 15) is 28.1 Å². The Bertz CT molecular complexity index is 1540. The summed E-state index contributed by atoms with van der Waals surface area (Å²) < 4.78 is 26.5. The normalized spacial score (nSPS) is 18.8. The number of carbonyl (C=O) groups is 2. The Morgan fingerprint density at radius 3 is 2.30 bits per heavy atom. The van der Waals surface area contributed by atoms with Gasteiger partial charge in [0.25, 0.3) is 17.4 Å². The topological polar surface area (TPSA) is 153 Å². The van der Waals surface area contributed by atoms with E-state index in [0.717, 1.165) is 5.56 Å². The molecular formula is C26H25N5O5S. The largest absolute Gasteiger partial charge is 0.348 e. The van der Waals surface area contributed by atoms with E-state index in [2.05, 4.69) is 11.4 Å². The number of nitrogens with one attached hydrogen (secondary N) is 1. The molecule has 2 fully saturated rings. The Morgan fingerprint density at radius 2 is 1.70 bits per heavy atom. The maximum absolute atomic E-state index is 13.2. The lowest BCUT2D eigenvalue weighted by Crippen LogP contribution is -2.50. The number of sulfone groups is 1. The number of rotatable bonds is 8. The molecular weight excluding hydrogens is 494 g/mol. The Morgan fingerprint density at radius 1 is 1.00 bits per heavy atom. The number of hydrogen-bond donors (Lipinski definition) is 1. The van der Waals surface area contributed by atoms with Crippen LogP contribution in [0.2, 0.25) is 0 Å². The van der Waals surface area contributed by atoms with Crippen molar-refractivity contribution in [2.75, 3.05) is 18.8 Å². The van der Waals surface area contributed by atoms with Crippen molar-refractivity contribution in [3.05, 3.63) is 69.1 Å². The lowest BCUT2D eigenvalue weighted by atomic mass is 10.1. The molecule has 0 radical (unpaired) electrons. The second-order valence-corrected chi connectivity index (χ2v) is 12.5. The minimum atomic E-state index is -3.57. The predicted octanol–water partition coefficient (Wildman–Crippen LogP) is 1.36. The van der Waals surface area contributed by atoms with E-state index in [1.807, 2.05) is 6.07 Å². The number of benzene rings is 1. The monoisotopic (exact) mass is 519 g/mol. The van der Waals surface area contributed by atoms with Gasteiger partial charge in [0.2, 0.25) is 0 Å². The SMILES string of the molecule is N#Cc1ccc(CNC(=O)c2ccc3n(c2=O)CCN(CC2(S(=O)(=O)CC4(C#N)CC4)CC2)C3=O)cc1. The van der Waals surface area contributed by atoms with Gasteiger partial charge in [0, 0.05) is 26.2 Å². The summed E-state index contributed by atoms with van der Waals surface area (Å²) in [4.78, 5) is 40.4. The molecule has 0 spiro atoms. The first-order chi connectivity index (χ1) is 17.6. The summed E-state index contributed by atoms with van der Waals surface area (Å²) in [7, 11) is -3.57. The number of amides is 2. The van der Waals surface area contributed by atoms with Crippen molar-refractivity contribution in [3.63, 3.8) is 0 Å². The Labute approximate surface area is 214 Å². The molecule has 1 aromatic heterocycles. The van der Waals surface area contributed by atoms with Crippen LogP contribution in [0.1, 0.15) is 57.7 Å². The third kappa shape index (κ3) is 4.51. The summed E-state index contributed by atoms with van der Waals surface area (Å²) in [5.41, 5.74) is -0.0724. The second kappa shape index (κ2) is 8.86. The van der Waals surface area contributed by atoms with Gasteiger partial charge in [0.1, 0.15) is 11.3 Å². The van der Waals surface area contributed by atoms with Crippen LogP contribution in [-0.2, 0) is 22.9 Å². The summed E-state index contributed by atoms with van der Waals surface area (Å²) in [6, 6.07) is 13.6. The fourth-order valence-corrected chi connectivity index (χ4v) is 7.24. The molecule has 2 amide bonds.